The molecule has 6 nitrogen and oxygen atoms in total. The van der Waals surface area contributed by atoms with Crippen LogP contribution in [0, 0.1) is 0 Å². The minimum absolute atomic E-state index is 0.0615. The topological polar surface area (TPSA) is 71.4 Å². The third-order valence-electron chi connectivity index (χ3n) is 5.83. The van der Waals surface area contributed by atoms with Gasteiger partial charge in [0.1, 0.15) is 0 Å². The van der Waals surface area contributed by atoms with Gasteiger partial charge in [-0.1, -0.05) is 30.3 Å². The van der Waals surface area contributed by atoms with E-state index in [1.807, 2.05) is 36.5 Å². The van der Waals surface area contributed by atoms with E-state index in [-0.39, 0.29) is 5.91 Å². The van der Waals surface area contributed by atoms with Crippen LogP contribution >= 0.6 is 0 Å². The molecule has 1 saturated heterocycles. The predicted octanol–water partition coefficient (Wildman–Crippen LogP) is 3.56. The fourth-order valence-corrected chi connectivity index (χ4v) is 5.65. The average molecular weight is 440 g/mol. The number of nitrogens with zero attached hydrogens (tertiary/aromatic N) is 2. The molecular formula is C24H29N3O3S. The smallest absolute Gasteiger partial charge is 0.243 e. The van der Waals surface area contributed by atoms with Crippen LogP contribution in [0.15, 0.2) is 65.7 Å². The first kappa shape index (κ1) is 21.6. The van der Waals surface area contributed by atoms with E-state index in [1.54, 1.807) is 16.4 Å². The van der Waals surface area contributed by atoms with Crippen LogP contribution in [0.25, 0.3) is 10.9 Å². The molecule has 0 aliphatic carbocycles. The fraction of sp³-hybridized carbons (Fsp3) is 0.375. The van der Waals surface area contributed by atoms with Crippen LogP contribution in [0.2, 0.25) is 0 Å². The largest absolute Gasteiger partial charge is 0.356 e. The molecule has 0 saturated carbocycles. The van der Waals surface area contributed by atoms with E-state index in [4.69, 9.17) is 0 Å². The van der Waals surface area contributed by atoms with Gasteiger partial charge in [-0.3, -0.25) is 4.79 Å². The van der Waals surface area contributed by atoms with Gasteiger partial charge in [0, 0.05) is 49.7 Å². The Labute approximate surface area is 183 Å². The second-order valence-corrected chi connectivity index (χ2v) is 9.97. The Bertz CT molecular complexity index is 1130. The number of carbonyl (C=O) groups is 1. The maximum absolute atomic E-state index is 12.8. The first-order chi connectivity index (χ1) is 15.0. The Kier molecular flexibility index (Phi) is 6.73. The molecule has 1 aliphatic rings. The Morgan fingerprint density at radius 3 is 2.55 bits per heavy atom. The molecule has 3 aromatic rings. The van der Waals surface area contributed by atoms with Crippen LogP contribution in [0.5, 0.6) is 0 Å². The molecule has 31 heavy (non-hydrogen) atoms. The second-order valence-electron chi connectivity index (χ2n) is 8.03. The molecule has 1 amide bonds. The van der Waals surface area contributed by atoms with E-state index in [9.17, 15) is 13.2 Å². The van der Waals surface area contributed by atoms with Crippen LogP contribution < -0.4 is 5.32 Å². The maximum atomic E-state index is 12.8. The standard InChI is InChI=1S/C24H29N3O3S/c28-24(25-14-12-20-7-2-1-3-8-20)9-6-15-26-18-13-21-19-22(10-11-23(21)26)31(29,30)27-16-4-5-17-27/h1-3,7-8,10-11,13,18-19H,4-6,9,12,14-17H2,(H,25,28). The van der Waals surface area contributed by atoms with Crippen molar-refractivity contribution in [1.29, 1.82) is 0 Å². The number of carbonyl (C=O) groups excluding carboxylic acids is 1. The summed E-state index contributed by atoms with van der Waals surface area (Å²) in [6, 6.07) is 17.4. The SMILES string of the molecule is O=C(CCCn1ccc2cc(S(=O)(=O)N3CCCC3)ccc21)NCCc1ccccc1. The lowest BCUT2D eigenvalue weighted by atomic mass is 10.1. The van der Waals surface area contributed by atoms with Gasteiger partial charge in [-0.15, -0.1) is 0 Å². The summed E-state index contributed by atoms with van der Waals surface area (Å²) < 4.78 is 29.2. The molecule has 2 aromatic carbocycles. The molecule has 0 unspecified atom stereocenters. The molecule has 0 spiro atoms. The zero-order valence-electron chi connectivity index (χ0n) is 17.7. The molecule has 1 N–H and O–H groups in total. The number of hydrogen-bond acceptors (Lipinski definition) is 3. The number of fused-ring (bicyclic) bond motifs is 1. The molecular weight excluding hydrogens is 410 g/mol. The van der Waals surface area contributed by atoms with Crippen molar-refractivity contribution in [1.82, 2.24) is 14.2 Å². The highest BCUT2D eigenvalue weighted by Gasteiger charge is 2.27. The molecule has 0 radical (unpaired) electrons. The van der Waals surface area contributed by atoms with Crippen LogP contribution in [-0.4, -0.2) is 42.8 Å². The van der Waals surface area contributed by atoms with Gasteiger partial charge >= 0.3 is 0 Å². The zero-order valence-corrected chi connectivity index (χ0v) is 18.5. The Balaban J connectivity index is 1.29. The number of amides is 1. The minimum atomic E-state index is -3.41. The van der Waals surface area contributed by atoms with Crippen molar-refractivity contribution in [3.8, 4) is 0 Å². The highest BCUT2D eigenvalue weighted by Crippen LogP contribution is 2.25. The van der Waals surface area contributed by atoms with Crippen LogP contribution in [0.4, 0.5) is 0 Å². The summed E-state index contributed by atoms with van der Waals surface area (Å²) in [7, 11) is -3.41. The summed E-state index contributed by atoms with van der Waals surface area (Å²) in [6.45, 7) is 2.57. The van der Waals surface area contributed by atoms with Crippen molar-refractivity contribution in [2.75, 3.05) is 19.6 Å². The van der Waals surface area contributed by atoms with Gasteiger partial charge in [0.15, 0.2) is 0 Å². The molecule has 4 rings (SSSR count). The van der Waals surface area contributed by atoms with Crippen LogP contribution in [-0.2, 0) is 27.8 Å². The van der Waals surface area contributed by atoms with E-state index in [2.05, 4.69) is 22.0 Å². The predicted molar refractivity (Wildman–Crippen MR) is 122 cm³/mol. The van der Waals surface area contributed by atoms with Gasteiger partial charge in [-0.25, -0.2) is 8.42 Å². The number of hydrogen-bond donors (Lipinski definition) is 1. The van der Waals surface area contributed by atoms with E-state index in [1.165, 1.54) is 5.56 Å². The lowest BCUT2D eigenvalue weighted by molar-refractivity contribution is -0.121. The summed E-state index contributed by atoms with van der Waals surface area (Å²) >= 11 is 0. The Morgan fingerprint density at radius 2 is 1.77 bits per heavy atom. The van der Waals surface area contributed by atoms with Gasteiger partial charge in [-0.2, -0.15) is 4.31 Å². The van der Waals surface area contributed by atoms with Crippen molar-refractivity contribution in [3.05, 3.63) is 66.4 Å². The van der Waals surface area contributed by atoms with Crippen molar-refractivity contribution in [2.45, 2.75) is 43.5 Å². The number of benzene rings is 2. The summed E-state index contributed by atoms with van der Waals surface area (Å²) in [5.74, 6) is 0.0615. The average Bonchev–Trinajstić information content (AvgIpc) is 3.45. The highest BCUT2D eigenvalue weighted by atomic mass is 32.2. The van der Waals surface area contributed by atoms with Gasteiger partial charge in [0.25, 0.3) is 0 Å². The molecule has 0 bridgehead atoms. The normalized spacial score (nSPS) is 14.8. The first-order valence-corrected chi connectivity index (χ1v) is 12.4. The summed E-state index contributed by atoms with van der Waals surface area (Å²) in [5.41, 5.74) is 2.21. The highest BCUT2D eigenvalue weighted by molar-refractivity contribution is 7.89. The molecule has 1 aliphatic heterocycles. The summed E-state index contributed by atoms with van der Waals surface area (Å²) in [4.78, 5) is 12.5. The molecule has 7 heteroatoms. The maximum Gasteiger partial charge on any atom is 0.243 e. The fourth-order valence-electron chi connectivity index (χ4n) is 4.10. The van der Waals surface area contributed by atoms with Gasteiger partial charge in [0.05, 0.1) is 4.90 Å². The van der Waals surface area contributed by atoms with E-state index in [0.29, 0.717) is 37.5 Å². The third kappa shape index (κ3) is 5.17. The number of aryl methyl sites for hydroxylation is 1. The number of nitrogens with one attached hydrogen (secondary N) is 1. The molecule has 1 aromatic heterocycles. The monoisotopic (exact) mass is 439 g/mol. The second kappa shape index (κ2) is 9.66. The molecule has 1 fully saturated rings. The quantitative estimate of drug-likeness (QED) is 0.554. The lowest BCUT2D eigenvalue weighted by Gasteiger charge is -2.15. The van der Waals surface area contributed by atoms with Crippen LogP contribution in [0.3, 0.4) is 0 Å². The third-order valence-corrected chi connectivity index (χ3v) is 7.72. The van der Waals surface area contributed by atoms with Gasteiger partial charge in [0.2, 0.25) is 15.9 Å². The number of sulfonamides is 1. The minimum Gasteiger partial charge on any atom is -0.356 e. The molecule has 2 heterocycles. The van der Waals surface area contributed by atoms with E-state index in [0.717, 1.165) is 36.6 Å². The Morgan fingerprint density at radius 1 is 1.00 bits per heavy atom. The van der Waals surface area contributed by atoms with Crippen molar-refractivity contribution in [2.24, 2.45) is 0 Å². The van der Waals surface area contributed by atoms with E-state index >= 15 is 0 Å². The summed E-state index contributed by atoms with van der Waals surface area (Å²) in [6.07, 6.45) is 5.85. The number of rotatable bonds is 9. The van der Waals surface area contributed by atoms with Crippen LogP contribution in [0.1, 0.15) is 31.2 Å². The summed E-state index contributed by atoms with van der Waals surface area (Å²) in [5, 5.41) is 3.89. The lowest BCUT2D eigenvalue weighted by Crippen LogP contribution is -2.27. The van der Waals surface area contributed by atoms with Crippen molar-refractivity contribution in [3.63, 3.8) is 0 Å². The molecule has 0 atom stereocenters. The first-order valence-electron chi connectivity index (χ1n) is 10.9. The van der Waals surface area contributed by atoms with E-state index < -0.39 is 10.0 Å². The van der Waals surface area contributed by atoms with Gasteiger partial charge in [-0.05, 0) is 55.5 Å². The number of aromatic nitrogens is 1. The zero-order chi connectivity index (χ0) is 21.7. The van der Waals surface area contributed by atoms with Crippen molar-refractivity contribution < 1.29 is 13.2 Å². The van der Waals surface area contributed by atoms with Crippen molar-refractivity contribution >= 4 is 26.8 Å². The van der Waals surface area contributed by atoms with Gasteiger partial charge < -0.3 is 9.88 Å². The molecule has 164 valence electrons. The Hall–Kier alpha value is -2.64.